The maximum atomic E-state index is 8.75. The number of aliphatic imine (C=N–C) groups is 1. The SMILES string of the molecule is CSC(=Nc1cc(-c2nn3c(C)nnc3s2)ccc1C)NC#N. The van der Waals surface area contributed by atoms with Gasteiger partial charge in [0.2, 0.25) is 4.96 Å². The lowest BCUT2D eigenvalue weighted by Gasteiger charge is -2.05. The molecule has 2 aromatic heterocycles. The first-order valence-corrected chi connectivity index (χ1v) is 8.74. The number of nitrogens with zero attached hydrogens (tertiary/aromatic N) is 6. The third-order valence-corrected chi connectivity index (χ3v) is 4.71. The molecule has 0 atom stereocenters. The van der Waals surface area contributed by atoms with Crippen molar-refractivity contribution >= 4 is 38.9 Å². The number of nitriles is 1. The average Bonchev–Trinajstić information content (AvgIpc) is 3.11. The van der Waals surface area contributed by atoms with Crippen LogP contribution in [0.25, 0.3) is 15.5 Å². The summed E-state index contributed by atoms with van der Waals surface area (Å²) in [5.74, 6) is 0.760. The minimum absolute atomic E-state index is 0.557. The Kier molecular flexibility index (Phi) is 4.27. The van der Waals surface area contributed by atoms with E-state index in [2.05, 4.69) is 25.6 Å². The smallest absolute Gasteiger partial charge is 0.234 e. The number of hydrogen-bond donors (Lipinski definition) is 1. The van der Waals surface area contributed by atoms with Gasteiger partial charge in [0.15, 0.2) is 17.2 Å². The third kappa shape index (κ3) is 3.04. The first-order valence-electron chi connectivity index (χ1n) is 6.70. The highest BCUT2D eigenvalue weighted by Gasteiger charge is 2.11. The molecular formula is C14H13N7S2. The molecule has 3 aromatic rings. The van der Waals surface area contributed by atoms with Crippen molar-refractivity contribution in [2.75, 3.05) is 6.26 Å². The minimum Gasteiger partial charge on any atom is -0.271 e. The maximum Gasteiger partial charge on any atom is 0.234 e. The lowest BCUT2D eigenvalue weighted by atomic mass is 10.1. The van der Waals surface area contributed by atoms with E-state index in [4.69, 9.17) is 5.26 Å². The lowest BCUT2D eigenvalue weighted by molar-refractivity contribution is 0.898. The molecule has 0 saturated heterocycles. The Morgan fingerprint density at radius 2 is 2.22 bits per heavy atom. The number of rotatable bonds is 2. The lowest BCUT2D eigenvalue weighted by Crippen LogP contribution is -2.12. The monoisotopic (exact) mass is 343 g/mol. The Balaban J connectivity index is 2.04. The molecule has 23 heavy (non-hydrogen) atoms. The first-order chi connectivity index (χ1) is 11.1. The van der Waals surface area contributed by atoms with Crippen LogP contribution in [-0.4, -0.2) is 31.2 Å². The van der Waals surface area contributed by atoms with Crippen molar-refractivity contribution in [2.24, 2.45) is 4.99 Å². The van der Waals surface area contributed by atoms with E-state index < -0.39 is 0 Å². The number of amidine groups is 1. The van der Waals surface area contributed by atoms with Gasteiger partial charge in [0.1, 0.15) is 5.01 Å². The van der Waals surface area contributed by atoms with Gasteiger partial charge in [-0.05, 0) is 31.7 Å². The Bertz CT molecular complexity index is 932. The van der Waals surface area contributed by atoms with Gasteiger partial charge in [-0.25, -0.2) is 4.99 Å². The highest BCUT2D eigenvalue weighted by atomic mass is 32.2. The fourth-order valence-electron chi connectivity index (χ4n) is 1.98. The molecule has 2 heterocycles. The summed E-state index contributed by atoms with van der Waals surface area (Å²) < 4.78 is 1.73. The number of fused-ring (bicyclic) bond motifs is 1. The fraction of sp³-hybridized carbons (Fsp3) is 0.214. The summed E-state index contributed by atoms with van der Waals surface area (Å²) in [5, 5.41) is 25.3. The standard InChI is InChI=1S/C14H13N7S2/c1-8-4-5-10(6-11(8)17-13(22-3)16-7-15)12-20-21-9(2)18-19-14(21)23-12/h4-6H,1-3H3,(H,16,17). The zero-order chi connectivity index (χ0) is 16.4. The van der Waals surface area contributed by atoms with Crippen LogP contribution in [0.5, 0.6) is 0 Å². The van der Waals surface area contributed by atoms with Crippen LogP contribution in [0.2, 0.25) is 0 Å². The number of aryl methyl sites for hydroxylation is 2. The molecule has 1 N–H and O–H groups in total. The van der Waals surface area contributed by atoms with Crippen molar-refractivity contribution in [3.8, 4) is 16.8 Å². The molecule has 0 unspecified atom stereocenters. The second-order valence-corrected chi connectivity index (χ2v) is 6.46. The molecule has 3 rings (SSSR count). The second-order valence-electron chi connectivity index (χ2n) is 4.71. The van der Waals surface area contributed by atoms with Crippen molar-refractivity contribution in [1.82, 2.24) is 25.1 Å². The number of nitrogens with one attached hydrogen (secondary N) is 1. The predicted molar refractivity (Wildman–Crippen MR) is 92.9 cm³/mol. The Morgan fingerprint density at radius 3 is 2.91 bits per heavy atom. The molecule has 0 bridgehead atoms. The van der Waals surface area contributed by atoms with E-state index >= 15 is 0 Å². The van der Waals surface area contributed by atoms with Crippen LogP contribution in [0.1, 0.15) is 11.4 Å². The molecule has 0 saturated carbocycles. The molecule has 0 spiro atoms. The number of thioether (sulfide) groups is 1. The van der Waals surface area contributed by atoms with Gasteiger partial charge in [0.25, 0.3) is 0 Å². The zero-order valence-corrected chi connectivity index (χ0v) is 14.4. The van der Waals surface area contributed by atoms with Gasteiger partial charge < -0.3 is 0 Å². The molecule has 1 aromatic carbocycles. The highest BCUT2D eigenvalue weighted by molar-refractivity contribution is 8.13. The molecule has 9 heteroatoms. The second kappa shape index (κ2) is 6.36. The topological polar surface area (TPSA) is 91.3 Å². The van der Waals surface area contributed by atoms with E-state index in [1.165, 1.54) is 23.1 Å². The molecule has 7 nitrogen and oxygen atoms in total. The van der Waals surface area contributed by atoms with Crippen LogP contribution >= 0.6 is 23.1 Å². The van der Waals surface area contributed by atoms with Gasteiger partial charge in [0, 0.05) is 5.56 Å². The van der Waals surface area contributed by atoms with Gasteiger partial charge in [-0.1, -0.05) is 35.2 Å². The molecular weight excluding hydrogens is 330 g/mol. The molecule has 0 fully saturated rings. The molecule has 116 valence electrons. The Hall–Kier alpha value is -2.44. The van der Waals surface area contributed by atoms with E-state index in [9.17, 15) is 0 Å². The average molecular weight is 343 g/mol. The number of hydrogen-bond acceptors (Lipinski definition) is 7. The van der Waals surface area contributed by atoms with Crippen LogP contribution in [0.4, 0.5) is 5.69 Å². The Labute approximate surface area is 141 Å². The van der Waals surface area contributed by atoms with Crippen molar-refractivity contribution in [1.29, 1.82) is 5.26 Å². The van der Waals surface area contributed by atoms with Gasteiger partial charge in [-0.2, -0.15) is 14.9 Å². The minimum atomic E-state index is 0.557. The summed E-state index contributed by atoms with van der Waals surface area (Å²) in [4.78, 5) is 5.26. The maximum absolute atomic E-state index is 8.75. The molecule has 0 amide bonds. The third-order valence-electron chi connectivity index (χ3n) is 3.18. The predicted octanol–water partition coefficient (Wildman–Crippen LogP) is 2.89. The van der Waals surface area contributed by atoms with E-state index in [-0.39, 0.29) is 0 Å². The fourth-order valence-corrected chi connectivity index (χ4v) is 3.19. The van der Waals surface area contributed by atoms with Crippen LogP contribution < -0.4 is 5.32 Å². The van der Waals surface area contributed by atoms with Crippen LogP contribution in [0.15, 0.2) is 23.2 Å². The largest absolute Gasteiger partial charge is 0.271 e. The quantitative estimate of drug-likeness (QED) is 0.333. The number of aromatic nitrogens is 4. The Morgan fingerprint density at radius 1 is 1.39 bits per heavy atom. The summed E-state index contributed by atoms with van der Waals surface area (Å²) >= 11 is 2.87. The van der Waals surface area contributed by atoms with E-state index in [0.717, 1.165) is 32.6 Å². The van der Waals surface area contributed by atoms with Gasteiger partial charge in [-0.3, -0.25) is 5.32 Å². The van der Waals surface area contributed by atoms with Gasteiger partial charge in [-0.15, -0.1) is 10.2 Å². The van der Waals surface area contributed by atoms with Gasteiger partial charge in [0.05, 0.1) is 5.69 Å². The summed E-state index contributed by atoms with van der Waals surface area (Å²) in [7, 11) is 0. The first kappa shape index (κ1) is 15.5. The van der Waals surface area contributed by atoms with Crippen molar-refractivity contribution in [3.05, 3.63) is 29.6 Å². The van der Waals surface area contributed by atoms with Crippen LogP contribution in [0, 0.1) is 25.3 Å². The van der Waals surface area contributed by atoms with Crippen LogP contribution in [-0.2, 0) is 0 Å². The van der Waals surface area contributed by atoms with Crippen molar-refractivity contribution in [3.63, 3.8) is 0 Å². The molecule has 0 radical (unpaired) electrons. The summed E-state index contributed by atoms with van der Waals surface area (Å²) in [6, 6.07) is 5.96. The molecule has 0 aliphatic carbocycles. The molecule has 0 aliphatic rings. The summed E-state index contributed by atoms with van der Waals surface area (Å²) in [6.07, 6.45) is 3.76. The zero-order valence-electron chi connectivity index (χ0n) is 12.7. The summed E-state index contributed by atoms with van der Waals surface area (Å²) in [5.41, 5.74) is 2.79. The van der Waals surface area contributed by atoms with Gasteiger partial charge >= 0.3 is 0 Å². The highest BCUT2D eigenvalue weighted by Crippen LogP contribution is 2.30. The molecule has 0 aliphatic heterocycles. The van der Waals surface area contributed by atoms with E-state index in [1.807, 2.05) is 44.5 Å². The van der Waals surface area contributed by atoms with Crippen molar-refractivity contribution in [2.45, 2.75) is 13.8 Å². The summed E-state index contributed by atoms with van der Waals surface area (Å²) in [6.45, 7) is 3.85. The van der Waals surface area contributed by atoms with E-state index in [1.54, 1.807) is 4.52 Å². The number of benzene rings is 1. The normalized spacial score (nSPS) is 11.7. The van der Waals surface area contributed by atoms with Crippen molar-refractivity contribution < 1.29 is 0 Å². The van der Waals surface area contributed by atoms with E-state index in [0.29, 0.717) is 5.17 Å². The van der Waals surface area contributed by atoms with Crippen LogP contribution in [0.3, 0.4) is 0 Å².